The van der Waals surface area contributed by atoms with Crippen molar-refractivity contribution >= 4 is 34.6 Å². The smallest absolute Gasteiger partial charge is 0.264 e. The second-order valence-corrected chi connectivity index (χ2v) is 6.21. The summed E-state index contributed by atoms with van der Waals surface area (Å²) in [4.78, 5) is 17.2. The summed E-state index contributed by atoms with van der Waals surface area (Å²) in [7, 11) is 0. The Morgan fingerprint density at radius 1 is 1.09 bits per heavy atom. The van der Waals surface area contributed by atoms with Crippen molar-refractivity contribution in [2.75, 3.05) is 0 Å². The van der Waals surface area contributed by atoms with Crippen molar-refractivity contribution < 1.29 is 4.79 Å². The van der Waals surface area contributed by atoms with Gasteiger partial charge < -0.3 is 5.32 Å². The normalized spacial score (nSPS) is 18.0. The van der Waals surface area contributed by atoms with Gasteiger partial charge in [-0.3, -0.25) is 4.79 Å². The molecule has 0 aromatic heterocycles. The first-order valence-electron chi connectivity index (χ1n) is 7.04. The Balaban J connectivity index is 1.86. The van der Waals surface area contributed by atoms with E-state index in [0.717, 1.165) is 16.8 Å². The van der Waals surface area contributed by atoms with E-state index in [1.54, 1.807) is 0 Å². The number of hydrogen-bond donors (Lipinski definition) is 1. The van der Waals surface area contributed by atoms with Crippen LogP contribution in [0.15, 0.2) is 58.4 Å². The molecule has 0 spiro atoms. The summed E-state index contributed by atoms with van der Waals surface area (Å²) in [5, 5.41) is 3.43. The zero-order valence-corrected chi connectivity index (χ0v) is 13.3. The number of nitrogens with one attached hydrogen (secondary N) is 1. The second kappa shape index (κ2) is 6.20. The number of para-hydroxylation sites is 1. The Bertz CT molecular complexity index is 779. The Kier molecular flexibility index (Phi) is 4.11. The van der Waals surface area contributed by atoms with Gasteiger partial charge in [0.1, 0.15) is 0 Å². The lowest BCUT2D eigenvalue weighted by Gasteiger charge is -2.02. The molecule has 0 atom stereocenters. The van der Waals surface area contributed by atoms with E-state index >= 15 is 0 Å². The predicted molar refractivity (Wildman–Crippen MR) is 93.2 cm³/mol. The number of thioether (sulfide) groups is 1. The summed E-state index contributed by atoms with van der Waals surface area (Å²) in [6.45, 7) is 4.11. The quantitative estimate of drug-likeness (QED) is 0.845. The number of hydrogen-bond acceptors (Lipinski definition) is 3. The molecular formula is C18H16N2OS. The summed E-state index contributed by atoms with van der Waals surface area (Å²) in [5.41, 5.74) is 4.27. The molecule has 22 heavy (non-hydrogen) atoms. The number of aryl methyl sites for hydroxylation is 2. The van der Waals surface area contributed by atoms with Crippen LogP contribution in [0.1, 0.15) is 16.7 Å². The molecule has 0 saturated carbocycles. The van der Waals surface area contributed by atoms with Crippen LogP contribution >= 0.6 is 11.8 Å². The number of benzene rings is 2. The first kappa shape index (κ1) is 14.6. The highest BCUT2D eigenvalue weighted by molar-refractivity contribution is 8.18. The fourth-order valence-electron chi connectivity index (χ4n) is 2.23. The molecule has 1 amide bonds. The van der Waals surface area contributed by atoms with Crippen LogP contribution < -0.4 is 5.32 Å². The van der Waals surface area contributed by atoms with Gasteiger partial charge >= 0.3 is 0 Å². The average Bonchev–Trinajstić information content (AvgIpc) is 2.83. The maximum Gasteiger partial charge on any atom is 0.264 e. The van der Waals surface area contributed by atoms with E-state index in [2.05, 4.69) is 36.3 Å². The highest BCUT2D eigenvalue weighted by Crippen LogP contribution is 2.28. The van der Waals surface area contributed by atoms with Crippen LogP contribution in [0.2, 0.25) is 0 Å². The molecule has 1 fully saturated rings. The zero-order chi connectivity index (χ0) is 15.5. The van der Waals surface area contributed by atoms with Crippen molar-refractivity contribution in [2.24, 2.45) is 4.99 Å². The monoisotopic (exact) mass is 308 g/mol. The van der Waals surface area contributed by atoms with E-state index in [9.17, 15) is 4.79 Å². The van der Waals surface area contributed by atoms with E-state index in [0.29, 0.717) is 10.1 Å². The first-order valence-corrected chi connectivity index (χ1v) is 7.85. The largest absolute Gasteiger partial charge is 0.300 e. The average molecular weight is 308 g/mol. The number of amidine groups is 1. The molecule has 0 radical (unpaired) electrons. The van der Waals surface area contributed by atoms with Gasteiger partial charge in [0.25, 0.3) is 5.91 Å². The molecule has 3 nitrogen and oxygen atoms in total. The van der Waals surface area contributed by atoms with Crippen LogP contribution in [0.25, 0.3) is 6.08 Å². The lowest BCUT2D eigenvalue weighted by atomic mass is 10.1. The number of aliphatic imine (C=N–C) groups is 1. The number of amides is 1. The molecule has 1 heterocycles. The first-order chi connectivity index (χ1) is 10.6. The maximum absolute atomic E-state index is 12.1. The van der Waals surface area contributed by atoms with E-state index in [1.165, 1.54) is 17.3 Å². The molecule has 2 aromatic carbocycles. The Labute approximate surface area is 134 Å². The van der Waals surface area contributed by atoms with E-state index < -0.39 is 0 Å². The van der Waals surface area contributed by atoms with Gasteiger partial charge in [0.15, 0.2) is 5.17 Å². The topological polar surface area (TPSA) is 41.5 Å². The van der Waals surface area contributed by atoms with Gasteiger partial charge in [0, 0.05) is 0 Å². The summed E-state index contributed by atoms with van der Waals surface area (Å²) in [6.07, 6.45) is 1.92. The number of nitrogens with zero attached hydrogens (tertiary/aromatic N) is 1. The van der Waals surface area contributed by atoms with Crippen LogP contribution in [0.4, 0.5) is 5.69 Å². The Hall–Kier alpha value is -2.33. The molecule has 3 rings (SSSR count). The summed E-state index contributed by atoms with van der Waals surface area (Å²) >= 11 is 1.37. The van der Waals surface area contributed by atoms with E-state index in [4.69, 9.17) is 0 Å². The third-order valence-electron chi connectivity index (χ3n) is 3.35. The highest BCUT2D eigenvalue weighted by atomic mass is 32.2. The Morgan fingerprint density at radius 2 is 1.86 bits per heavy atom. The van der Waals surface area contributed by atoms with Crippen LogP contribution in [-0.4, -0.2) is 11.1 Å². The van der Waals surface area contributed by atoms with Gasteiger partial charge in [-0.2, -0.15) is 0 Å². The van der Waals surface area contributed by atoms with Crippen LogP contribution in [0, 0.1) is 13.8 Å². The molecule has 0 aliphatic carbocycles. The highest BCUT2D eigenvalue weighted by Gasteiger charge is 2.23. The van der Waals surface area contributed by atoms with Crippen molar-refractivity contribution in [3.63, 3.8) is 0 Å². The summed E-state index contributed by atoms with van der Waals surface area (Å²) in [6, 6.07) is 15.8. The molecule has 0 unspecified atom stereocenters. The van der Waals surface area contributed by atoms with E-state index in [1.807, 2.05) is 42.5 Å². The molecule has 1 aliphatic rings. The zero-order valence-electron chi connectivity index (χ0n) is 12.5. The molecular weight excluding hydrogens is 292 g/mol. The van der Waals surface area contributed by atoms with Crippen LogP contribution in [-0.2, 0) is 4.79 Å². The van der Waals surface area contributed by atoms with Gasteiger partial charge in [0.05, 0.1) is 10.6 Å². The summed E-state index contributed by atoms with van der Waals surface area (Å²) in [5.74, 6) is -0.0975. The third-order valence-corrected chi connectivity index (χ3v) is 4.26. The fourth-order valence-corrected chi connectivity index (χ4v) is 3.06. The predicted octanol–water partition coefficient (Wildman–Crippen LogP) is 4.20. The molecule has 1 aliphatic heterocycles. The van der Waals surface area contributed by atoms with Crippen molar-refractivity contribution in [3.05, 3.63) is 70.1 Å². The second-order valence-electron chi connectivity index (χ2n) is 5.18. The van der Waals surface area contributed by atoms with E-state index in [-0.39, 0.29) is 5.91 Å². The minimum Gasteiger partial charge on any atom is -0.300 e. The van der Waals surface area contributed by atoms with Gasteiger partial charge in [0.2, 0.25) is 0 Å². The minimum absolute atomic E-state index is 0.0975. The van der Waals surface area contributed by atoms with Gasteiger partial charge in [-0.1, -0.05) is 42.0 Å². The molecule has 0 bridgehead atoms. The number of rotatable bonds is 2. The van der Waals surface area contributed by atoms with Crippen LogP contribution in [0.5, 0.6) is 0 Å². The maximum atomic E-state index is 12.1. The number of carbonyl (C=O) groups is 1. The van der Waals surface area contributed by atoms with Gasteiger partial charge in [-0.25, -0.2) is 4.99 Å². The lowest BCUT2D eigenvalue weighted by Crippen LogP contribution is -2.19. The van der Waals surface area contributed by atoms with Crippen LogP contribution in [0.3, 0.4) is 0 Å². The third kappa shape index (κ3) is 3.28. The molecule has 110 valence electrons. The standard InChI is InChI=1S/C18H16N2OS/c1-12-8-9-14(13(2)10-12)11-16-17(21)20-18(22-16)19-15-6-4-3-5-7-15/h3-11H,1-2H3,(H,19,20,21)/b16-11+. The van der Waals surface area contributed by atoms with Crippen molar-refractivity contribution in [1.29, 1.82) is 0 Å². The molecule has 2 aromatic rings. The van der Waals surface area contributed by atoms with Gasteiger partial charge in [-0.05, 0) is 54.9 Å². The fraction of sp³-hybridized carbons (Fsp3) is 0.111. The van der Waals surface area contributed by atoms with Crippen molar-refractivity contribution in [2.45, 2.75) is 13.8 Å². The molecule has 4 heteroatoms. The molecule has 1 saturated heterocycles. The van der Waals surface area contributed by atoms with Crippen molar-refractivity contribution in [3.8, 4) is 0 Å². The SMILES string of the molecule is Cc1ccc(/C=C2/SC(=Nc3ccccc3)NC2=O)c(C)c1. The van der Waals surface area contributed by atoms with Crippen molar-refractivity contribution in [1.82, 2.24) is 5.32 Å². The van der Waals surface area contributed by atoms with Gasteiger partial charge in [-0.15, -0.1) is 0 Å². The minimum atomic E-state index is -0.0975. The molecule has 1 N–H and O–H groups in total. The number of carbonyl (C=O) groups excluding carboxylic acids is 1. The Morgan fingerprint density at radius 3 is 2.59 bits per heavy atom. The lowest BCUT2D eigenvalue weighted by molar-refractivity contribution is -0.115. The summed E-state index contributed by atoms with van der Waals surface area (Å²) < 4.78 is 0.